The molecule has 0 unspecified atom stereocenters. The Morgan fingerprint density at radius 1 is 0.750 bits per heavy atom. The Morgan fingerprint density at radius 3 is 1.54 bits per heavy atom. The minimum atomic E-state index is -5.73. The molecule has 0 radical (unpaired) electrons. The van der Waals surface area contributed by atoms with Gasteiger partial charge in [0.2, 0.25) is 9.84 Å². The number of sulfone groups is 1. The van der Waals surface area contributed by atoms with E-state index < -0.39 is 65.9 Å². The molecule has 2 aromatic carbocycles. The first kappa shape index (κ1) is 18.0. The third-order valence-electron chi connectivity index (χ3n) is 2.96. The normalized spacial score (nSPS) is 11.6. The van der Waals surface area contributed by atoms with E-state index in [2.05, 4.69) is 6.58 Å². The molecule has 0 bridgehead atoms. The molecule has 0 spiro atoms. The summed E-state index contributed by atoms with van der Waals surface area (Å²) < 4.78 is 119. The Kier molecular flexibility index (Phi) is 4.44. The lowest BCUT2D eigenvalue weighted by Gasteiger charge is -2.12. The third kappa shape index (κ3) is 2.56. The van der Waals surface area contributed by atoms with Crippen LogP contribution >= 0.6 is 0 Å². The molecule has 0 fully saturated rings. The molecule has 0 saturated carbocycles. The standard InChI is InChI=1S/C14H5F7O2S/c1-2-6-9(18)11(20)14(12(21)10(6)19)24(22,23)13-7(16)3-5(15)4-8(13)17/h2-4H,1H2. The van der Waals surface area contributed by atoms with Crippen molar-refractivity contribution in [2.24, 2.45) is 0 Å². The summed E-state index contributed by atoms with van der Waals surface area (Å²) in [5.41, 5.74) is -1.30. The van der Waals surface area contributed by atoms with Crippen molar-refractivity contribution in [2.75, 3.05) is 0 Å². The molecule has 0 aromatic heterocycles. The summed E-state index contributed by atoms with van der Waals surface area (Å²) in [7, 11) is -5.73. The van der Waals surface area contributed by atoms with Gasteiger partial charge in [0.05, 0.1) is 5.56 Å². The van der Waals surface area contributed by atoms with Crippen LogP contribution in [0.1, 0.15) is 5.56 Å². The van der Waals surface area contributed by atoms with E-state index >= 15 is 0 Å². The molecule has 10 heteroatoms. The minimum absolute atomic E-state index is 0.0728. The maximum Gasteiger partial charge on any atom is 0.218 e. The Bertz CT molecular complexity index is 916. The highest BCUT2D eigenvalue weighted by Gasteiger charge is 2.37. The summed E-state index contributed by atoms with van der Waals surface area (Å²) in [6.07, 6.45) is 0.381. The number of benzene rings is 2. The summed E-state index contributed by atoms with van der Waals surface area (Å²) in [5.74, 6) is -14.6. The molecule has 2 rings (SSSR count). The SMILES string of the molecule is C=Cc1c(F)c(F)c(S(=O)(=O)c2c(F)cc(F)cc2F)c(F)c1F. The van der Waals surface area contributed by atoms with Crippen molar-refractivity contribution in [2.45, 2.75) is 9.79 Å². The Hall–Kier alpha value is -2.36. The van der Waals surface area contributed by atoms with Gasteiger partial charge in [-0.3, -0.25) is 0 Å². The average Bonchev–Trinajstić information content (AvgIpc) is 2.44. The summed E-state index contributed by atoms with van der Waals surface area (Å²) in [6, 6.07) is -0.146. The topological polar surface area (TPSA) is 34.1 Å². The second kappa shape index (κ2) is 5.93. The summed E-state index contributed by atoms with van der Waals surface area (Å²) in [4.78, 5) is -4.20. The summed E-state index contributed by atoms with van der Waals surface area (Å²) in [6.45, 7) is 2.90. The fourth-order valence-corrected chi connectivity index (χ4v) is 3.42. The predicted molar refractivity (Wildman–Crippen MR) is 68.1 cm³/mol. The first-order valence-corrected chi connectivity index (χ1v) is 7.40. The van der Waals surface area contributed by atoms with Crippen LogP contribution in [0.5, 0.6) is 0 Å². The van der Waals surface area contributed by atoms with Crippen LogP contribution in [-0.2, 0) is 9.84 Å². The molecule has 0 aliphatic carbocycles. The van der Waals surface area contributed by atoms with Gasteiger partial charge in [-0.05, 0) is 0 Å². The highest BCUT2D eigenvalue weighted by atomic mass is 32.2. The second-order valence-electron chi connectivity index (χ2n) is 4.40. The van der Waals surface area contributed by atoms with Gasteiger partial charge in [0, 0.05) is 12.1 Å². The van der Waals surface area contributed by atoms with Crippen molar-refractivity contribution in [1.82, 2.24) is 0 Å². The maximum absolute atomic E-state index is 13.9. The Balaban J connectivity index is 2.94. The van der Waals surface area contributed by atoms with Gasteiger partial charge in [-0.2, -0.15) is 0 Å². The molecule has 0 atom stereocenters. The highest BCUT2D eigenvalue weighted by Crippen LogP contribution is 2.34. The Labute approximate surface area is 130 Å². The van der Waals surface area contributed by atoms with E-state index in [-0.39, 0.29) is 12.1 Å². The number of halogens is 7. The van der Waals surface area contributed by atoms with E-state index in [9.17, 15) is 39.2 Å². The van der Waals surface area contributed by atoms with Gasteiger partial charge in [0.1, 0.15) is 27.2 Å². The van der Waals surface area contributed by atoms with Crippen LogP contribution in [0.2, 0.25) is 0 Å². The summed E-state index contributed by atoms with van der Waals surface area (Å²) >= 11 is 0. The van der Waals surface area contributed by atoms with Crippen molar-refractivity contribution < 1.29 is 39.2 Å². The van der Waals surface area contributed by atoms with Crippen LogP contribution < -0.4 is 0 Å². The first-order valence-electron chi connectivity index (χ1n) is 5.92. The number of hydrogen-bond acceptors (Lipinski definition) is 2. The van der Waals surface area contributed by atoms with Gasteiger partial charge in [-0.15, -0.1) is 0 Å². The molecular weight excluding hydrogens is 365 g/mol. The molecule has 0 heterocycles. The molecule has 2 aromatic rings. The average molecular weight is 370 g/mol. The maximum atomic E-state index is 13.9. The van der Waals surface area contributed by atoms with E-state index in [0.717, 1.165) is 0 Å². The lowest BCUT2D eigenvalue weighted by atomic mass is 10.2. The molecule has 24 heavy (non-hydrogen) atoms. The third-order valence-corrected chi connectivity index (χ3v) is 4.79. The lowest BCUT2D eigenvalue weighted by molar-refractivity contribution is 0.415. The van der Waals surface area contributed by atoms with Crippen LogP contribution in [0.15, 0.2) is 28.5 Å². The second-order valence-corrected chi connectivity index (χ2v) is 6.23. The Morgan fingerprint density at radius 2 is 1.17 bits per heavy atom. The van der Waals surface area contributed by atoms with E-state index in [4.69, 9.17) is 0 Å². The molecule has 0 amide bonds. The van der Waals surface area contributed by atoms with Gasteiger partial charge in [-0.1, -0.05) is 12.7 Å². The largest absolute Gasteiger partial charge is 0.218 e. The quantitative estimate of drug-likeness (QED) is 0.462. The molecule has 2 nitrogen and oxygen atoms in total. The van der Waals surface area contributed by atoms with E-state index in [1.807, 2.05) is 0 Å². The zero-order chi connectivity index (χ0) is 18.4. The molecule has 0 saturated heterocycles. The van der Waals surface area contributed by atoms with Crippen LogP contribution in [-0.4, -0.2) is 8.42 Å². The van der Waals surface area contributed by atoms with Crippen molar-refractivity contribution in [1.29, 1.82) is 0 Å². The van der Waals surface area contributed by atoms with Crippen LogP contribution in [0.25, 0.3) is 6.08 Å². The number of rotatable bonds is 3. The van der Waals surface area contributed by atoms with Crippen molar-refractivity contribution in [3.8, 4) is 0 Å². The zero-order valence-corrected chi connectivity index (χ0v) is 12.1. The fourth-order valence-electron chi connectivity index (χ4n) is 1.93. The monoisotopic (exact) mass is 370 g/mol. The molecule has 0 aliphatic heterocycles. The lowest BCUT2D eigenvalue weighted by Crippen LogP contribution is -2.15. The van der Waals surface area contributed by atoms with Crippen LogP contribution in [0.4, 0.5) is 30.7 Å². The highest BCUT2D eigenvalue weighted by molar-refractivity contribution is 7.91. The van der Waals surface area contributed by atoms with Crippen LogP contribution in [0, 0.1) is 40.7 Å². The van der Waals surface area contributed by atoms with Gasteiger partial charge in [0.25, 0.3) is 0 Å². The van der Waals surface area contributed by atoms with E-state index in [0.29, 0.717) is 6.08 Å². The van der Waals surface area contributed by atoms with E-state index in [1.54, 1.807) is 0 Å². The van der Waals surface area contributed by atoms with Gasteiger partial charge in [0.15, 0.2) is 23.3 Å². The van der Waals surface area contributed by atoms with Crippen molar-refractivity contribution >= 4 is 15.9 Å². The van der Waals surface area contributed by atoms with Gasteiger partial charge >= 0.3 is 0 Å². The van der Waals surface area contributed by atoms with Gasteiger partial charge in [-0.25, -0.2) is 39.2 Å². The van der Waals surface area contributed by atoms with Crippen molar-refractivity contribution in [3.05, 3.63) is 65.0 Å². The van der Waals surface area contributed by atoms with E-state index in [1.165, 1.54) is 0 Å². The zero-order valence-electron chi connectivity index (χ0n) is 11.3. The molecule has 0 aliphatic rings. The van der Waals surface area contributed by atoms with Crippen molar-refractivity contribution in [3.63, 3.8) is 0 Å². The smallest absolute Gasteiger partial charge is 0.218 e. The summed E-state index contributed by atoms with van der Waals surface area (Å²) in [5, 5.41) is 0. The van der Waals surface area contributed by atoms with Crippen LogP contribution in [0.3, 0.4) is 0 Å². The molecular formula is C14H5F7O2S. The molecule has 128 valence electrons. The first-order chi connectivity index (χ1) is 11.0. The number of hydrogen-bond donors (Lipinski definition) is 0. The molecule has 0 N–H and O–H groups in total. The van der Waals surface area contributed by atoms with Gasteiger partial charge < -0.3 is 0 Å². The predicted octanol–water partition coefficient (Wildman–Crippen LogP) is 4.14. The fraction of sp³-hybridized carbons (Fsp3) is 0. The minimum Gasteiger partial charge on any atom is -0.218 e.